The number of hydrogen-bond donors (Lipinski definition) is 0. The van der Waals surface area contributed by atoms with Gasteiger partial charge in [-0.05, 0) is 18.2 Å². The fourth-order valence-electron chi connectivity index (χ4n) is 3.25. The van der Waals surface area contributed by atoms with Crippen molar-refractivity contribution < 1.29 is 12.8 Å². The SMILES string of the molecule is O=S(=O)(c1cc(Cl)ccc1Cl)N1CCN(Cc2ncc(-c3ccccc3)o2)CC1. The van der Waals surface area contributed by atoms with Crippen LogP contribution in [0.2, 0.25) is 10.0 Å². The second-order valence-electron chi connectivity index (χ2n) is 6.74. The average molecular weight is 452 g/mol. The predicted octanol–water partition coefficient (Wildman–Crippen LogP) is 4.15. The van der Waals surface area contributed by atoms with Crippen molar-refractivity contribution in [1.29, 1.82) is 0 Å². The molecular formula is C20H19Cl2N3O3S. The summed E-state index contributed by atoms with van der Waals surface area (Å²) in [6.45, 7) is 2.38. The van der Waals surface area contributed by atoms with Crippen LogP contribution in [0.1, 0.15) is 5.89 Å². The lowest BCUT2D eigenvalue weighted by atomic mass is 10.2. The zero-order valence-corrected chi connectivity index (χ0v) is 17.8. The lowest BCUT2D eigenvalue weighted by Gasteiger charge is -2.33. The summed E-state index contributed by atoms with van der Waals surface area (Å²) < 4.78 is 33.1. The van der Waals surface area contributed by atoms with Crippen LogP contribution in [-0.4, -0.2) is 48.8 Å². The molecule has 1 saturated heterocycles. The quantitative estimate of drug-likeness (QED) is 0.582. The summed E-state index contributed by atoms with van der Waals surface area (Å²) in [5.74, 6) is 1.33. The lowest BCUT2D eigenvalue weighted by molar-refractivity contribution is 0.169. The first-order valence-electron chi connectivity index (χ1n) is 9.11. The van der Waals surface area contributed by atoms with E-state index in [1.54, 1.807) is 12.3 Å². The van der Waals surface area contributed by atoms with E-state index < -0.39 is 10.0 Å². The normalized spacial score (nSPS) is 16.2. The summed E-state index contributed by atoms with van der Waals surface area (Å²) in [6.07, 6.45) is 1.71. The van der Waals surface area contributed by atoms with Gasteiger partial charge in [-0.2, -0.15) is 4.31 Å². The van der Waals surface area contributed by atoms with Crippen molar-refractivity contribution in [2.24, 2.45) is 0 Å². The number of sulfonamides is 1. The van der Waals surface area contributed by atoms with E-state index in [-0.39, 0.29) is 9.92 Å². The molecular weight excluding hydrogens is 433 g/mol. The minimum atomic E-state index is -3.69. The fraction of sp³-hybridized carbons (Fsp3) is 0.250. The van der Waals surface area contributed by atoms with Gasteiger partial charge in [-0.1, -0.05) is 53.5 Å². The van der Waals surface area contributed by atoms with Crippen LogP contribution in [0.15, 0.2) is 64.0 Å². The molecule has 3 aromatic rings. The highest BCUT2D eigenvalue weighted by Gasteiger charge is 2.30. The van der Waals surface area contributed by atoms with Gasteiger partial charge in [-0.3, -0.25) is 4.90 Å². The van der Waals surface area contributed by atoms with E-state index in [0.29, 0.717) is 43.6 Å². The Balaban J connectivity index is 1.40. The monoisotopic (exact) mass is 451 g/mol. The molecule has 29 heavy (non-hydrogen) atoms. The van der Waals surface area contributed by atoms with Crippen LogP contribution in [0, 0.1) is 0 Å². The van der Waals surface area contributed by atoms with Gasteiger partial charge in [-0.25, -0.2) is 13.4 Å². The van der Waals surface area contributed by atoms with Crippen molar-refractivity contribution in [2.75, 3.05) is 26.2 Å². The van der Waals surface area contributed by atoms with Crippen molar-refractivity contribution in [3.63, 3.8) is 0 Å². The topological polar surface area (TPSA) is 66.7 Å². The highest BCUT2D eigenvalue weighted by molar-refractivity contribution is 7.89. The zero-order valence-electron chi connectivity index (χ0n) is 15.5. The van der Waals surface area contributed by atoms with Crippen molar-refractivity contribution >= 4 is 33.2 Å². The van der Waals surface area contributed by atoms with E-state index in [0.717, 1.165) is 11.3 Å². The maximum Gasteiger partial charge on any atom is 0.244 e. The van der Waals surface area contributed by atoms with Gasteiger partial charge in [0.25, 0.3) is 0 Å². The third kappa shape index (κ3) is 4.49. The van der Waals surface area contributed by atoms with Crippen LogP contribution >= 0.6 is 23.2 Å². The van der Waals surface area contributed by atoms with E-state index >= 15 is 0 Å². The van der Waals surface area contributed by atoms with Crippen LogP contribution < -0.4 is 0 Å². The number of nitrogens with zero attached hydrogens (tertiary/aromatic N) is 3. The van der Waals surface area contributed by atoms with Crippen molar-refractivity contribution in [2.45, 2.75) is 11.4 Å². The molecule has 1 aromatic heterocycles. The molecule has 0 unspecified atom stereocenters. The Kier molecular flexibility index (Phi) is 5.94. The predicted molar refractivity (Wildman–Crippen MR) is 112 cm³/mol. The van der Waals surface area contributed by atoms with Gasteiger partial charge in [0.1, 0.15) is 4.90 Å². The number of aromatic nitrogens is 1. The highest BCUT2D eigenvalue weighted by atomic mass is 35.5. The summed E-state index contributed by atoms with van der Waals surface area (Å²) >= 11 is 12.0. The first-order valence-corrected chi connectivity index (χ1v) is 11.3. The zero-order chi connectivity index (χ0) is 20.4. The van der Waals surface area contributed by atoms with Crippen LogP contribution in [-0.2, 0) is 16.6 Å². The van der Waals surface area contributed by atoms with Gasteiger partial charge in [0, 0.05) is 36.8 Å². The molecule has 0 spiro atoms. The summed E-state index contributed by atoms with van der Waals surface area (Å²) in [6, 6.07) is 14.2. The maximum atomic E-state index is 12.9. The first kappa shape index (κ1) is 20.4. The largest absolute Gasteiger partial charge is 0.439 e. The minimum Gasteiger partial charge on any atom is -0.439 e. The second-order valence-corrected chi connectivity index (χ2v) is 9.49. The van der Waals surface area contributed by atoms with Crippen molar-refractivity contribution in [3.05, 3.63) is 70.7 Å². The molecule has 1 fully saturated rings. The number of rotatable bonds is 5. The van der Waals surface area contributed by atoms with Gasteiger partial charge < -0.3 is 4.42 Å². The van der Waals surface area contributed by atoms with E-state index in [4.69, 9.17) is 27.6 Å². The Labute approximate surface area is 179 Å². The Morgan fingerprint density at radius 2 is 1.72 bits per heavy atom. The fourth-order valence-corrected chi connectivity index (χ4v) is 5.41. The number of piperazine rings is 1. The van der Waals surface area contributed by atoms with Gasteiger partial charge >= 0.3 is 0 Å². The molecule has 0 atom stereocenters. The van der Waals surface area contributed by atoms with E-state index in [1.165, 1.54) is 16.4 Å². The van der Waals surface area contributed by atoms with Crippen LogP contribution in [0.3, 0.4) is 0 Å². The number of halogens is 2. The van der Waals surface area contributed by atoms with E-state index in [2.05, 4.69) is 9.88 Å². The Bertz CT molecular complexity index is 1100. The number of hydrogen-bond acceptors (Lipinski definition) is 5. The Morgan fingerprint density at radius 1 is 1.00 bits per heavy atom. The third-order valence-electron chi connectivity index (χ3n) is 4.81. The smallest absolute Gasteiger partial charge is 0.244 e. The molecule has 0 saturated carbocycles. The number of benzene rings is 2. The lowest BCUT2D eigenvalue weighted by Crippen LogP contribution is -2.48. The molecule has 0 radical (unpaired) electrons. The standard InChI is InChI=1S/C20H19Cl2N3O3S/c21-16-6-7-17(22)19(12-16)29(26,27)25-10-8-24(9-11-25)14-20-23-13-18(28-20)15-4-2-1-3-5-15/h1-7,12-13H,8-11,14H2. The minimum absolute atomic E-state index is 0.0420. The molecule has 2 aromatic carbocycles. The van der Waals surface area contributed by atoms with Gasteiger partial charge in [0.05, 0.1) is 17.8 Å². The molecule has 0 amide bonds. The molecule has 0 N–H and O–H groups in total. The molecule has 1 aliphatic rings. The van der Waals surface area contributed by atoms with Gasteiger partial charge in [0.2, 0.25) is 15.9 Å². The second kappa shape index (κ2) is 8.45. The average Bonchev–Trinajstić information content (AvgIpc) is 3.19. The Hall–Kier alpha value is -1.90. The molecule has 0 bridgehead atoms. The van der Waals surface area contributed by atoms with Gasteiger partial charge in [0.15, 0.2) is 5.76 Å². The molecule has 1 aliphatic heterocycles. The molecule has 9 heteroatoms. The third-order valence-corrected chi connectivity index (χ3v) is 7.43. The molecule has 2 heterocycles. The van der Waals surface area contributed by atoms with Crippen molar-refractivity contribution in [1.82, 2.24) is 14.2 Å². The van der Waals surface area contributed by atoms with Crippen LogP contribution in [0.25, 0.3) is 11.3 Å². The summed E-state index contributed by atoms with van der Waals surface area (Å²) in [7, 11) is -3.69. The molecule has 6 nitrogen and oxygen atoms in total. The number of oxazole rings is 1. The molecule has 4 rings (SSSR count). The highest BCUT2D eigenvalue weighted by Crippen LogP contribution is 2.28. The van der Waals surface area contributed by atoms with Gasteiger partial charge in [-0.15, -0.1) is 0 Å². The molecule has 152 valence electrons. The van der Waals surface area contributed by atoms with Crippen molar-refractivity contribution in [3.8, 4) is 11.3 Å². The summed E-state index contributed by atoms with van der Waals surface area (Å²) in [5, 5.41) is 0.509. The van der Waals surface area contributed by atoms with E-state index in [9.17, 15) is 8.42 Å². The van der Waals surface area contributed by atoms with E-state index in [1.807, 2.05) is 30.3 Å². The summed E-state index contributed by atoms with van der Waals surface area (Å²) in [5.41, 5.74) is 0.973. The molecule has 0 aliphatic carbocycles. The maximum absolute atomic E-state index is 12.9. The Morgan fingerprint density at radius 3 is 2.45 bits per heavy atom. The van der Waals surface area contributed by atoms with Crippen LogP contribution in [0.5, 0.6) is 0 Å². The van der Waals surface area contributed by atoms with Crippen LogP contribution in [0.4, 0.5) is 0 Å². The first-order chi connectivity index (χ1) is 13.9. The summed E-state index contributed by atoms with van der Waals surface area (Å²) in [4.78, 5) is 6.51.